The zero-order chi connectivity index (χ0) is 7.98. The Morgan fingerprint density at radius 2 is 2.30 bits per heavy atom. The zero-order valence-electron chi connectivity index (χ0n) is 5.51. The summed E-state index contributed by atoms with van der Waals surface area (Å²) in [5.41, 5.74) is 1.59. The van der Waals surface area contributed by atoms with Crippen molar-refractivity contribution in [2.45, 2.75) is 12.8 Å². The molecular weight excluding hydrogens is 152 g/mol. The predicted molar refractivity (Wildman–Crippen MR) is 41.0 cm³/mol. The van der Waals surface area contributed by atoms with Crippen LogP contribution >= 0.6 is 11.6 Å². The van der Waals surface area contributed by atoms with Gasteiger partial charge in [-0.3, -0.25) is 0 Å². The van der Waals surface area contributed by atoms with E-state index in [1.165, 1.54) is 5.54 Å². The summed E-state index contributed by atoms with van der Waals surface area (Å²) in [6.45, 7) is 3.35. The van der Waals surface area contributed by atoms with Crippen LogP contribution in [-0.2, 0) is 4.79 Å². The first kappa shape index (κ1) is 9.24. The highest BCUT2D eigenvalue weighted by molar-refractivity contribution is 6.25. The van der Waals surface area contributed by atoms with Gasteiger partial charge in [0, 0.05) is 11.1 Å². The first-order valence-electron chi connectivity index (χ1n) is 2.84. The van der Waals surface area contributed by atoms with Crippen molar-refractivity contribution in [3.8, 4) is 0 Å². The molecule has 0 saturated carbocycles. The van der Waals surface area contributed by atoms with Gasteiger partial charge in [-0.25, -0.2) is 4.79 Å². The second-order valence-corrected chi connectivity index (χ2v) is 2.06. The molecule has 0 fully saturated rings. The molecule has 0 bridgehead atoms. The van der Waals surface area contributed by atoms with Crippen molar-refractivity contribution in [3.63, 3.8) is 0 Å². The molecule has 0 heterocycles. The maximum absolute atomic E-state index is 10.1. The van der Waals surface area contributed by atoms with Crippen LogP contribution in [0.15, 0.2) is 23.8 Å². The number of allylic oxidation sites excluding steroid dienone is 1. The number of hydrogen-bond donors (Lipinski definition) is 1. The predicted octanol–water partition coefficient (Wildman–Crippen LogP) is 2.16. The Bertz CT molecular complexity index is 161. The normalized spacial score (nSPS) is 10.1. The number of aliphatic carboxylic acids is 1. The van der Waals surface area contributed by atoms with E-state index in [4.69, 9.17) is 16.7 Å². The molecule has 0 aromatic rings. The minimum Gasteiger partial charge on any atom is -0.478 e. The molecule has 0 spiro atoms. The molecule has 3 heteroatoms. The van der Waals surface area contributed by atoms with E-state index in [1.807, 2.05) is 0 Å². The number of carbonyl (C=O) groups is 1. The van der Waals surface area contributed by atoms with E-state index >= 15 is 0 Å². The minimum absolute atomic E-state index is 0.217. The second-order valence-electron chi connectivity index (χ2n) is 1.81. The Balaban J connectivity index is 3.50. The number of rotatable bonds is 4. The van der Waals surface area contributed by atoms with Crippen molar-refractivity contribution >= 4 is 17.6 Å². The first-order valence-corrected chi connectivity index (χ1v) is 3.28. The van der Waals surface area contributed by atoms with Crippen molar-refractivity contribution < 1.29 is 9.90 Å². The van der Waals surface area contributed by atoms with Gasteiger partial charge in [0.05, 0.1) is 0 Å². The fraction of sp³-hybridized carbons (Fsp3) is 0.286. The van der Waals surface area contributed by atoms with Gasteiger partial charge in [-0.15, -0.1) is 0 Å². The summed E-state index contributed by atoms with van der Waals surface area (Å²) in [7, 11) is 0. The Hall–Kier alpha value is -0.760. The number of carboxylic acids is 1. The van der Waals surface area contributed by atoms with Crippen LogP contribution < -0.4 is 0 Å². The van der Waals surface area contributed by atoms with Crippen LogP contribution in [0, 0.1) is 0 Å². The third kappa shape index (κ3) is 4.15. The van der Waals surface area contributed by atoms with Crippen molar-refractivity contribution in [1.29, 1.82) is 0 Å². The maximum atomic E-state index is 10.1. The van der Waals surface area contributed by atoms with Crippen molar-refractivity contribution in [3.05, 3.63) is 23.8 Å². The SMILES string of the molecule is C=C(CCC=CCl)C(=O)O. The van der Waals surface area contributed by atoms with Gasteiger partial charge in [-0.1, -0.05) is 24.3 Å². The average molecular weight is 161 g/mol. The fourth-order valence-electron chi connectivity index (χ4n) is 0.427. The molecular formula is C7H9ClO2. The van der Waals surface area contributed by atoms with Crippen LogP contribution in [0.1, 0.15) is 12.8 Å². The summed E-state index contributed by atoms with van der Waals surface area (Å²) in [5.74, 6) is -0.942. The number of halogens is 1. The standard InChI is InChI=1S/C7H9ClO2/c1-6(7(9)10)4-2-3-5-8/h3,5H,1-2,4H2,(H,9,10). The molecule has 0 unspecified atom stereocenters. The van der Waals surface area contributed by atoms with Crippen LogP contribution in [0.5, 0.6) is 0 Å². The minimum atomic E-state index is -0.942. The molecule has 10 heavy (non-hydrogen) atoms. The molecule has 0 amide bonds. The van der Waals surface area contributed by atoms with E-state index in [0.29, 0.717) is 12.8 Å². The molecule has 0 radical (unpaired) electrons. The van der Waals surface area contributed by atoms with Crippen LogP contribution in [0.4, 0.5) is 0 Å². The van der Waals surface area contributed by atoms with E-state index in [-0.39, 0.29) is 5.57 Å². The molecule has 0 aliphatic carbocycles. The molecule has 0 rings (SSSR count). The molecule has 0 aliphatic rings. The number of carboxylic acid groups (broad SMARTS) is 1. The summed E-state index contributed by atoms with van der Waals surface area (Å²) in [6, 6.07) is 0. The lowest BCUT2D eigenvalue weighted by molar-refractivity contribution is -0.132. The van der Waals surface area contributed by atoms with E-state index in [9.17, 15) is 4.79 Å². The summed E-state index contributed by atoms with van der Waals surface area (Å²) in [6.07, 6.45) is 2.78. The Kier molecular flexibility index (Phi) is 4.67. The topological polar surface area (TPSA) is 37.3 Å². The van der Waals surface area contributed by atoms with Crippen molar-refractivity contribution in [2.24, 2.45) is 0 Å². The quantitative estimate of drug-likeness (QED) is 0.640. The molecule has 0 atom stereocenters. The monoisotopic (exact) mass is 160 g/mol. The van der Waals surface area contributed by atoms with Gasteiger partial charge in [0.15, 0.2) is 0 Å². The zero-order valence-corrected chi connectivity index (χ0v) is 6.27. The van der Waals surface area contributed by atoms with Crippen LogP contribution in [0.3, 0.4) is 0 Å². The molecule has 0 aromatic heterocycles. The molecule has 0 aliphatic heterocycles. The lowest BCUT2D eigenvalue weighted by Crippen LogP contribution is -1.97. The fourth-order valence-corrected chi connectivity index (χ4v) is 0.553. The summed E-state index contributed by atoms with van der Waals surface area (Å²) < 4.78 is 0. The largest absolute Gasteiger partial charge is 0.478 e. The van der Waals surface area contributed by atoms with Gasteiger partial charge < -0.3 is 5.11 Å². The van der Waals surface area contributed by atoms with E-state index < -0.39 is 5.97 Å². The van der Waals surface area contributed by atoms with Gasteiger partial charge in [0.25, 0.3) is 0 Å². The summed E-state index contributed by atoms with van der Waals surface area (Å²) >= 11 is 5.21. The average Bonchev–Trinajstić information content (AvgIpc) is 1.88. The smallest absolute Gasteiger partial charge is 0.330 e. The third-order valence-electron chi connectivity index (χ3n) is 1.00. The maximum Gasteiger partial charge on any atom is 0.330 e. The molecule has 0 saturated heterocycles. The van der Waals surface area contributed by atoms with Gasteiger partial charge in [-0.05, 0) is 12.8 Å². The van der Waals surface area contributed by atoms with Gasteiger partial charge in [0.2, 0.25) is 0 Å². The second kappa shape index (κ2) is 5.06. The van der Waals surface area contributed by atoms with E-state index in [0.717, 1.165) is 0 Å². The lowest BCUT2D eigenvalue weighted by atomic mass is 10.2. The molecule has 0 aromatic carbocycles. The summed E-state index contributed by atoms with van der Waals surface area (Å²) in [4.78, 5) is 10.1. The number of hydrogen-bond acceptors (Lipinski definition) is 1. The highest BCUT2D eigenvalue weighted by atomic mass is 35.5. The van der Waals surface area contributed by atoms with E-state index in [2.05, 4.69) is 6.58 Å². The van der Waals surface area contributed by atoms with Crippen LogP contribution in [-0.4, -0.2) is 11.1 Å². The Morgan fingerprint density at radius 1 is 1.70 bits per heavy atom. The van der Waals surface area contributed by atoms with E-state index in [1.54, 1.807) is 6.08 Å². The van der Waals surface area contributed by atoms with Crippen LogP contribution in [0.25, 0.3) is 0 Å². The van der Waals surface area contributed by atoms with Crippen molar-refractivity contribution in [2.75, 3.05) is 0 Å². The highest BCUT2D eigenvalue weighted by Crippen LogP contribution is 2.02. The molecule has 2 nitrogen and oxygen atoms in total. The van der Waals surface area contributed by atoms with Gasteiger partial charge in [0.1, 0.15) is 0 Å². The van der Waals surface area contributed by atoms with Crippen LogP contribution in [0.2, 0.25) is 0 Å². The van der Waals surface area contributed by atoms with Gasteiger partial charge in [-0.2, -0.15) is 0 Å². The highest BCUT2D eigenvalue weighted by Gasteiger charge is 2.00. The lowest BCUT2D eigenvalue weighted by Gasteiger charge is -1.93. The first-order chi connectivity index (χ1) is 4.68. The van der Waals surface area contributed by atoms with Gasteiger partial charge >= 0.3 is 5.97 Å². The van der Waals surface area contributed by atoms with Crippen molar-refractivity contribution in [1.82, 2.24) is 0 Å². The third-order valence-corrected chi connectivity index (χ3v) is 1.18. The summed E-state index contributed by atoms with van der Waals surface area (Å²) in [5, 5.41) is 8.32. The molecule has 1 N–H and O–H groups in total. The molecule has 56 valence electrons. The Labute approximate surface area is 64.8 Å². The Morgan fingerprint density at radius 3 is 2.70 bits per heavy atom.